The Bertz CT molecular complexity index is 822. The predicted octanol–water partition coefficient (Wildman–Crippen LogP) is 0.956. The Morgan fingerprint density at radius 1 is 1.33 bits per heavy atom. The number of nitrogens with zero attached hydrogens (tertiary/aromatic N) is 3. The van der Waals surface area contributed by atoms with Crippen LogP contribution < -0.4 is 5.73 Å². The average Bonchev–Trinajstić information content (AvgIpc) is 3.19. The molecule has 2 saturated heterocycles. The summed E-state index contributed by atoms with van der Waals surface area (Å²) in [5.41, 5.74) is 5.99. The van der Waals surface area contributed by atoms with Gasteiger partial charge in [0.15, 0.2) is 12.0 Å². The van der Waals surface area contributed by atoms with Crippen LogP contribution in [0.15, 0.2) is 18.6 Å². The van der Waals surface area contributed by atoms with Gasteiger partial charge in [-0.15, -0.1) is 0 Å². The minimum absolute atomic E-state index is 0.318. The van der Waals surface area contributed by atoms with E-state index < -0.39 is 29.8 Å². The number of aromatic nitrogens is 3. The predicted molar refractivity (Wildman–Crippen MR) is 83.9 cm³/mol. The van der Waals surface area contributed by atoms with Gasteiger partial charge in [-0.25, -0.2) is 9.97 Å². The van der Waals surface area contributed by atoms with Crippen molar-refractivity contribution in [2.24, 2.45) is 0 Å². The molecule has 4 heterocycles. The third-order valence-electron chi connectivity index (χ3n) is 5.35. The van der Waals surface area contributed by atoms with Gasteiger partial charge in [0.05, 0.1) is 11.5 Å². The molecule has 0 bridgehead atoms. The van der Waals surface area contributed by atoms with Crippen LogP contribution in [0.2, 0.25) is 0 Å². The molecule has 2 aromatic rings. The van der Waals surface area contributed by atoms with Crippen LogP contribution in [0.4, 0.5) is 5.82 Å². The van der Waals surface area contributed by atoms with Crippen molar-refractivity contribution >= 4 is 16.9 Å². The lowest BCUT2D eigenvalue weighted by molar-refractivity contribution is -0.215. The highest BCUT2D eigenvalue weighted by Crippen LogP contribution is 2.57. The Kier molecular flexibility index (Phi) is 2.71. The number of aliphatic hydroxyl groups is 1. The van der Waals surface area contributed by atoms with E-state index in [1.54, 1.807) is 0 Å². The molecule has 0 amide bonds. The summed E-state index contributed by atoms with van der Waals surface area (Å²) in [6.07, 6.45) is 2.94. The van der Waals surface area contributed by atoms with Crippen molar-refractivity contribution < 1.29 is 19.3 Å². The van der Waals surface area contributed by atoms with Gasteiger partial charge >= 0.3 is 0 Å². The van der Waals surface area contributed by atoms with Gasteiger partial charge in [0.1, 0.15) is 35.6 Å². The molecule has 0 unspecified atom stereocenters. The number of hydrogen-bond donors (Lipinski definition) is 2. The Morgan fingerprint density at radius 3 is 3.00 bits per heavy atom. The number of aliphatic hydroxyl groups excluding tert-OH is 1. The summed E-state index contributed by atoms with van der Waals surface area (Å²) in [4.78, 5) is 8.36. The third kappa shape index (κ3) is 1.71. The van der Waals surface area contributed by atoms with E-state index in [4.69, 9.17) is 19.9 Å². The summed E-state index contributed by atoms with van der Waals surface area (Å²) in [6, 6.07) is 1.87. The van der Waals surface area contributed by atoms with Gasteiger partial charge in [0.2, 0.25) is 0 Å². The van der Waals surface area contributed by atoms with Crippen molar-refractivity contribution in [1.82, 2.24) is 14.5 Å². The van der Waals surface area contributed by atoms with E-state index in [9.17, 15) is 5.11 Å². The van der Waals surface area contributed by atoms with Crippen LogP contribution in [-0.4, -0.2) is 49.3 Å². The second-order valence-electron chi connectivity index (χ2n) is 7.27. The molecule has 8 nitrogen and oxygen atoms in total. The van der Waals surface area contributed by atoms with Gasteiger partial charge < -0.3 is 29.6 Å². The number of nitrogen functional groups attached to an aromatic ring is 1. The van der Waals surface area contributed by atoms with E-state index in [0.717, 1.165) is 5.39 Å². The molecule has 3 N–H and O–H groups in total. The van der Waals surface area contributed by atoms with Gasteiger partial charge in [0, 0.05) is 6.20 Å². The molecule has 5 rings (SSSR count). The monoisotopic (exact) mass is 332 g/mol. The molecule has 3 aliphatic rings. The third-order valence-corrected chi connectivity index (χ3v) is 5.35. The molecule has 24 heavy (non-hydrogen) atoms. The van der Waals surface area contributed by atoms with Crippen molar-refractivity contribution in [1.29, 1.82) is 0 Å². The van der Waals surface area contributed by atoms with Gasteiger partial charge in [-0.2, -0.15) is 0 Å². The normalized spacial score (nSPS) is 40.1. The maximum absolute atomic E-state index is 10.4. The van der Waals surface area contributed by atoms with Gasteiger partial charge in [0.25, 0.3) is 0 Å². The van der Waals surface area contributed by atoms with Gasteiger partial charge in [-0.3, -0.25) is 0 Å². The first-order valence-corrected chi connectivity index (χ1v) is 8.20. The van der Waals surface area contributed by atoms with Crippen molar-refractivity contribution in [2.75, 3.05) is 5.73 Å². The Balaban J connectivity index is 1.63. The quantitative estimate of drug-likeness (QED) is 0.801. The number of rotatable bonds is 1. The lowest BCUT2D eigenvalue weighted by Gasteiger charge is -2.27. The second kappa shape index (κ2) is 4.45. The van der Waals surface area contributed by atoms with Crippen LogP contribution in [0.25, 0.3) is 11.0 Å². The number of hydrogen-bond acceptors (Lipinski definition) is 7. The zero-order valence-corrected chi connectivity index (χ0v) is 13.5. The van der Waals surface area contributed by atoms with E-state index >= 15 is 0 Å². The second-order valence-corrected chi connectivity index (χ2v) is 7.27. The number of ether oxygens (including phenoxy) is 3. The van der Waals surface area contributed by atoms with Crippen molar-refractivity contribution in [3.63, 3.8) is 0 Å². The highest BCUT2D eigenvalue weighted by molar-refractivity contribution is 5.86. The Hall–Kier alpha value is -1.74. The lowest BCUT2D eigenvalue weighted by Crippen LogP contribution is -2.45. The minimum Gasteiger partial charge on any atom is -0.390 e. The zero-order chi connectivity index (χ0) is 16.7. The highest BCUT2D eigenvalue weighted by atomic mass is 16.8. The van der Waals surface area contributed by atoms with Crippen molar-refractivity contribution in [2.45, 2.75) is 62.6 Å². The Morgan fingerprint density at radius 2 is 2.17 bits per heavy atom. The maximum atomic E-state index is 10.4. The zero-order valence-electron chi connectivity index (χ0n) is 13.5. The van der Waals surface area contributed by atoms with E-state index in [1.807, 2.05) is 30.7 Å². The summed E-state index contributed by atoms with van der Waals surface area (Å²) >= 11 is 0. The molecule has 0 radical (unpaired) electrons. The number of nitrogens with two attached hydrogens (primary N) is 1. The first kappa shape index (κ1) is 14.6. The Labute approximate surface area is 138 Å². The van der Waals surface area contributed by atoms with Gasteiger partial charge in [-0.1, -0.05) is 0 Å². The molecular formula is C16H20N4O4. The van der Waals surface area contributed by atoms with E-state index in [0.29, 0.717) is 24.3 Å². The van der Waals surface area contributed by atoms with E-state index in [2.05, 4.69) is 9.97 Å². The van der Waals surface area contributed by atoms with E-state index in [1.165, 1.54) is 6.33 Å². The standard InChI is InChI=1S/C16H20N4O4/c1-15(2)23-11-14(22-10-9(21)3-5-16(10,11)24-15)20-6-4-8-12(17)18-7-19-13(8)20/h4,6-7,9-11,14,21H,3,5H2,1-2H3,(H2,17,18,19)/t9-,10-,11+,14-,16-/m1/s1. The van der Waals surface area contributed by atoms with Crippen LogP contribution >= 0.6 is 0 Å². The largest absolute Gasteiger partial charge is 0.390 e. The molecule has 2 aromatic heterocycles. The summed E-state index contributed by atoms with van der Waals surface area (Å²) in [5.74, 6) is -0.290. The average molecular weight is 332 g/mol. The van der Waals surface area contributed by atoms with E-state index in [-0.39, 0.29) is 6.10 Å². The molecule has 0 aromatic carbocycles. The lowest BCUT2D eigenvalue weighted by atomic mass is 9.94. The molecule has 2 aliphatic heterocycles. The summed E-state index contributed by atoms with van der Waals surface area (Å²) < 4.78 is 20.5. The van der Waals surface area contributed by atoms with Crippen LogP contribution in [0.1, 0.15) is 32.9 Å². The molecule has 3 fully saturated rings. The van der Waals surface area contributed by atoms with Crippen LogP contribution in [0.3, 0.4) is 0 Å². The molecule has 8 heteroatoms. The number of anilines is 1. The molecule has 1 saturated carbocycles. The maximum Gasteiger partial charge on any atom is 0.165 e. The molecule has 1 aliphatic carbocycles. The minimum atomic E-state index is -0.716. The number of fused-ring (bicyclic) bond motifs is 1. The highest BCUT2D eigenvalue weighted by Gasteiger charge is 2.70. The van der Waals surface area contributed by atoms with Crippen molar-refractivity contribution in [3.05, 3.63) is 18.6 Å². The first-order chi connectivity index (χ1) is 11.4. The molecule has 5 atom stereocenters. The smallest absolute Gasteiger partial charge is 0.165 e. The fourth-order valence-corrected chi connectivity index (χ4v) is 4.49. The fraction of sp³-hybridized carbons (Fsp3) is 0.625. The van der Waals surface area contributed by atoms with Crippen LogP contribution in [0, 0.1) is 0 Å². The SMILES string of the molecule is CC1(C)O[C@H]2[C@H](n3ccc4c(N)ncnc43)O[C@@H]3[C@H](O)CC[C@@]32O1. The summed E-state index contributed by atoms with van der Waals surface area (Å²) in [5, 5.41) is 11.1. The van der Waals surface area contributed by atoms with Gasteiger partial charge in [-0.05, 0) is 32.8 Å². The van der Waals surface area contributed by atoms with Crippen molar-refractivity contribution in [3.8, 4) is 0 Å². The molecule has 1 spiro atoms. The van der Waals surface area contributed by atoms with Crippen LogP contribution in [-0.2, 0) is 14.2 Å². The van der Waals surface area contributed by atoms with Crippen LogP contribution in [0.5, 0.6) is 0 Å². The topological polar surface area (TPSA) is 105 Å². The first-order valence-electron chi connectivity index (χ1n) is 8.20. The summed E-state index contributed by atoms with van der Waals surface area (Å²) in [7, 11) is 0. The molecule has 128 valence electrons. The fourth-order valence-electron chi connectivity index (χ4n) is 4.49. The summed E-state index contributed by atoms with van der Waals surface area (Å²) in [6.45, 7) is 3.79. The molecular weight excluding hydrogens is 312 g/mol.